The maximum atomic E-state index is 13.9. The van der Waals surface area contributed by atoms with E-state index < -0.39 is 30.0 Å². The number of hydrogen-bond acceptors (Lipinski definition) is 9. The molecule has 1 aromatic heterocycles. The Hall–Kier alpha value is -4.67. The van der Waals surface area contributed by atoms with E-state index in [0.29, 0.717) is 59.9 Å². The third kappa shape index (κ3) is 7.89. The lowest BCUT2D eigenvalue weighted by Gasteiger charge is -2.25. The highest BCUT2D eigenvalue weighted by molar-refractivity contribution is 5.91. The number of nitrogens with zero attached hydrogens (tertiary/aromatic N) is 3. The van der Waals surface area contributed by atoms with E-state index in [1.807, 2.05) is 49.4 Å². The van der Waals surface area contributed by atoms with Gasteiger partial charge in [0.25, 0.3) is 0 Å². The van der Waals surface area contributed by atoms with Crippen LogP contribution in [0.5, 0.6) is 17.4 Å². The average molecular weight is 659 g/mol. The highest BCUT2D eigenvalue weighted by atomic mass is 16.5. The number of carbonyl (C=O) groups is 3. The van der Waals surface area contributed by atoms with Gasteiger partial charge >= 0.3 is 5.97 Å². The number of amides is 2. The third-order valence-electron chi connectivity index (χ3n) is 9.22. The van der Waals surface area contributed by atoms with Crippen LogP contribution < -0.4 is 19.5 Å². The van der Waals surface area contributed by atoms with E-state index in [1.54, 1.807) is 33.1 Å². The van der Waals surface area contributed by atoms with Crippen LogP contribution in [0.15, 0.2) is 48.6 Å². The Balaban J connectivity index is 1.49. The van der Waals surface area contributed by atoms with Crippen molar-refractivity contribution >= 4 is 28.7 Å². The normalized spacial score (nSPS) is 22.3. The molecule has 1 aliphatic heterocycles. The van der Waals surface area contributed by atoms with Crippen molar-refractivity contribution in [2.45, 2.75) is 70.9 Å². The monoisotopic (exact) mass is 658 g/mol. The van der Waals surface area contributed by atoms with Crippen LogP contribution >= 0.6 is 0 Å². The van der Waals surface area contributed by atoms with Crippen molar-refractivity contribution in [3.63, 3.8) is 0 Å². The highest BCUT2D eigenvalue weighted by Crippen LogP contribution is 2.39. The molecular formula is C37H46N4O7. The third-order valence-corrected chi connectivity index (χ3v) is 9.22. The van der Waals surface area contributed by atoms with Gasteiger partial charge in [-0.2, -0.15) is 4.98 Å². The molecule has 48 heavy (non-hydrogen) atoms. The van der Waals surface area contributed by atoms with Gasteiger partial charge < -0.3 is 29.2 Å². The number of fused-ring (bicyclic) bond motifs is 2. The second kappa shape index (κ2) is 16.0. The first-order chi connectivity index (χ1) is 23.2. The lowest BCUT2D eigenvalue weighted by atomic mass is 9.93. The van der Waals surface area contributed by atoms with Gasteiger partial charge in [0.2, 0.25) is 17.7 Å². The fourth-order valence-electron chi connectivity index (χ4n) is 6.55. The summed E-state index contributed by atoms with van der Waals surface area (Å²) in [5.74, 6) is -0.0268. The molecule has 1 N–H and O–H groups in total. The molecule has 3 aromatic rings. The second-order valence-electron chi connectivity index (χ2n) is 12.4. The van der Waals surface area contributed by atoms with E-state index in [-0.39, 0.29) is 24.8 Å². The average Bonchev–Trinajstić information content (AvgIpc) is 3.52. The number of ether oxygens (including phenoxy) is 4. The molecular weight excluding hydrogens is 612 g/mol. The van der Waals surface area contributed by atoms with Crippen molar-refractivity contribution in [2.24, 2.45) is 11.8 Å². The summed E-state index contributed by atoms with van der Waals surface area (Å²) in [6, 6.07) is 10.4. The number of nitrogens with one attached hydrogen (secondary N) is 1. The molecule has 1 fully saturated rings. The van der Waals surface area contributed by atoms with Crippen LogP contribution in [-0.4, -0.2) is 79.2 Å². The van der Waals surface area contributed by atoms with E-state index in [9.17, 15) is 14.4 Å². The van der Waals surface area contributed by atoms with E-state index >= 15 is 0 Å². The van der Waals surface area contributed by atoms with Crippen molar-refractivity contribution in [1.82, 2.24) is 20.2 Å². The maximum Gasteiger partial charge on any atom is 0.328 e. The Kier molecular flexibility index (Phi) is 11.5. The summed E-state index contributed by atoms with van der Waals surface area (Å²) in [6.45, 7) is 4.48. The van der Waals surface area contributed by atoms with Gasteiger partial charge in [0.15, 0.2) is 5.82 Å². The van der Waals surface area contributed by atoms with Crippen LogP contribution in [0.4, 0.5) is 0 Å². The first kappa shape index (κ1) is 34.7. The van der Waals surface area contributed by atoms with Crippen molar-refractivity contribution in [2.75, 3.05) is 34.4 Å². The molecule has 0 radical (unpaired) electrons. The van der Waals surface area contributed by atoms with Gasteiger partial charge in [0.1, 0.15) is 23.6 Å². The molecule has 2 aliphatic rings. The largest absolute Gasteiger partial charge is 0.497 e. The summed E-state index contributed by atoms with van der Waals surface area (Å²) in [4.78, 5) is 52.1. The zero-order valence-corrected chi connectivity index (χ0v) is 28.5. The molecule has 4 atom stereocenters. The quantitative estimate of drug-likeness (QED) is 0.261. The van der Waals surface area contributed by atoms with Crippen LogP contribution in [0.2, 0.25) is 0 Å². The molecule has 256 valence electrons. The first-order valence-corrected chi connectivity index (χ1v) is 16.8. The van der Waals surface area contributed by atoms with Gasteiger partial charge in [-0.1, -0.05) is 12.2 Å². The van der Waals surface area contributed by atoms with Crippen molar-refractivity contribution in [1.29, 1.82) is 0 Å². The Bertz CT molecular complexity index is 1640. The maximum absolute atomic E-state index is 13.9. The Labute approximate surface area is 282 Å². The Morgan fingerprint density at radius 1 is 0.958 bits per heavy atom. The standard InChI is InChI=1S/C37H46N4O7/c1-6-47-37(44)30-13-11-9-7-8-10-12-20-41(3)36(43)29-22-26(21-28(29)34(42)38-30)48-35-27-18-19-31(46-5)23(2)32(27)39-33(40-35)24-14-16-25(45-4)17-15-24/h7,9,14-19,26,28-30H,6,8,10-13,20-22H2,1-5H3,(H,38,42). The zero-order valence-electron chi connectivity index (χ0n) is 28.5. The summed E-state index contributed by atoms with van der Waals surface area (Å²) in [5.41, 5.74) is 2.29. The van der Waals surface area contributed by atoms with Crippen LogP contribution in [0, 0.1) is 18.8 Å². The van der Waals surface area contributed by atoms with E-state index in [4.69, 9.17) is 28.9 Å². The van der Waals surface area contributed by atoms with Crippen LogP contribution in [0.1, 0.15) is 57.4 Å². The van der Waals surface area contributed by atoms with Gasteiger partial charge in [-0.3, -0.25) is 9.59 Å². The second-order valence-corrected chi connectivity index (χ2v) is 12.4. The number of carbonyl (C=O) groups excluding carboxylic acids is 3. The lowest BCUT2D eigenvalue weighted by Crippen LogP contribution is -2.47. The number of methoxy groups -OCH3 is 2. The summed E-state index contributed by atoms with van der Waals surface area (Å²) in [7, 11) is 5.01. The number of allylic oxidation sites excluding steroid dienone is 2. The number of hydrogen-bond donors (Lipinski definition) is 1. The van der Waals surface area contributed by atoms with Crippen LogP contribution in [0.25, 0.3) is 22.3 Å². The van der Waals surface area contributed by atoms with Crippen molar-refractivity contribution in [3.8, 4) is 28.8 Å². The lowest BCUT2D eigenvalue weighted by molar-refractivity contribution is -0.148. The molecule has 11 heteroatoms. The van der Waals surface area contributed by atoms with Gasteiger partial charge in [-0.15, -0.1) is 0 Å². The summed E-state index contributed by atoms with van der Waals surface area (Å²) in [6.07, 6.45) is 7.97. The minimum atomic E-state index is -0.809. The molecule has 0 spiro atoms. The number of aromatic nitrogens is 2. The van der Waals surface area contributed by atoms with E-state index in [2.05, 4.69) is 11.4 Å². The Morgan fingerprint density at radius 2 is 1.71 bits per heavy atom. The molecule has 2 heterocycles. The van der Waals surface area contributed by atoms with Gasteiger partial charge in [0, 0.05) is 24.7 Å². The van der Waals surface area contributed by atoms with Gasteiger partial charge in [0.05, 0.1) is 43.6 Å². The van der Waals surface area contributed by atoms with E-state index in [0.717, 1.165) is 30.4 Å². The van der Waals surface area contributed by atoms with Crippen LogP contribution in [-0.2, 0) is 19.1 Å². The molecule has 0 bridgehead atoms. The number of rotatable bonds is 7. The number of esters is 1. The fourth-order valence-corrected chi connectivity index (χ4v) is 6.55. The molecule has 4 unspecified atom stereocenters. The van der Waals surface area contributed by atoms with Crippen molar-refractivity contribution < 1.29 is 33.3 Å². The molecule has 11 nitrogen and oxygen atoms in total. The smallest absolute Gasteiger partial charge is 0.328 e. The summed E-state index contributed by atoms with van der Waals surface area (Å²) < 4.78 is 22.8. The number of aryl methyl sites for hydroxylation is 1. The Morgan fingerprint density at radius 3 is 2.44 bits per heavy atom. The fraction of sp³-hybridized carbons (Fsp3) is 0.486. The minimum absolute atomic E-state index is 0.105. The molecule has 1 aliphatic carbocycles. The number of benzene rings is 2. The van der Waals surface area contributed by atoms with E-state index in [1.165, 1.54) is 0 Å². The predicted octanol–water partition coefficient (Wildman–Crippen LogP) is 5.42. The minimum Gasteiger partial charge on any atom is -0.497 e. The summed E-state index contributed by atoms with van der Waals surface area (Å²) in [5, 5.41) is 3.63. The van der Waals surface area contributed by atoms with Crippen LogP contribution in [0.3, 0.4) is 0 Å². The van der Waals surface area contributed by atoms with Gasteiger partial charge in [-0.05, 0) is 95.2 Å². The zero-order chi connectivity index (χ0) is 34.2. The predicted molar refractivity (Wildman–Crippen MR) is 182 cm³/mol. The summed E-state index contributed by atoms with van der Waals surface area (Å²) >= 11 is 0. The topological polar surface area (TPSA) is 129 Å². The van der Waals surface area contributed by atoms with Gasteiger partial charge in [-0.25, -0.2) is 9.78 Å². The molecule has 2 aromatic carbocycles. The highest BCUT2D eigenvalue weighted by Gasteiger charge is 2.46. The molecule has 1 saturated carbocycles. The molecule has 2 amide bonds. The molecule has 0 saturated heterocycles. The first-order valence-electron chi connectivity index (χ1n) is 16.8. The van der Waals surface area contributed by atoms with Crippen molar-refractivity contribution in [3.05, 3.63) is 54.1 Å². The molecule has 5 rings (SSSR count). The SMILES string of the molecule is CCOC(=O)C1CCC=CCCCCN(C)C(=O)C2CC(Oc3nc(-c4ccc(OC)cc4)nc4c(C)c(OC)ccc34)CC2C(=O)N1.